The molecule has 2 heterocycles. The number of likely N-dealkylation sites (tertiary alicyclic amines) is 1. The Morgan fingerprint density at radius 2 is 2.10 bits per heavy atom. The van der Waals surface area contributed by atoms with E-state index in [4.69, 9.17) is 16.3 Å². The van der Waals surface area contributed by atoms with Gasteiger partial charge in [-0.1, -0.05) is 48.0 Å². The molecule has 2 aliphatic heterocycles. The van der Waals surface area contributed by atoms with Gasteiger partial charge in [-0.25, -0.2) is 0 Å². The summed E-state index contributed by atoms with van der Waals surface area (Å²) in [5.41, 5.74) is 2.04. The summed E-state index contributed by atoms with van der Waals surface area (Å²) in [6.07, 6.45) is 8.20. The maximum Gasteiger partial charge on any atom is 0.138 e. The monoisotopic (exact) mass is 411 g/mol. The zero-order valence-electron chi connectivity index (χ0n) is 16.5. The van der Waals surface area contributed by atoms with Crippen LogP contribution >= 0.6 is 11.6 Å². The van der Waals surface area contributed by atoms with Crippen LogP contribution in [0.2, 0.25) is 5.02 Å². The van der Waals surface area contributed by atoms with Crippen LogP contribution in [0.15, 0.2) is 59.4 Å². The molecule has 6 rings (SSSR count). The molecular weight excluding hydrogens is 386 g/mol. The van der Waals surface area contributed by atoms with Gasteiger partial charge < -0.3 is 19.8 Å². The summed E-state index contributed by atoms with van der Waals surface area (Å²) in [5.74, 6) is 0.998. The SMILES string of the molecule is CN1CC[C@]23C4=C5O[C@H]2[C@@H](O)C=C[C@H]3[C@H]1CC4=CCC5(O)Cc1ccccc1Cl. The van der Waals surface area contributed by atoms with Crippen molar-refractivity contribution in [2.75, 3.05) is 13.6 Å². The van der Waals surface area contributed by atoms with Crippen LogP contribution in [0.25, 0.3) is 0 Å². The van der Waals surface area contributed by atoms with E-state index in [9.17, 15) is 10.2 Å². The van der Waals surface area contributed by atoms with Gasteiger partial charge in [0.1, 0.15) is 23.6 Å². The molecule has 1 unspecified atom stereocenters. The van der Waals surface area contributed by atoms with Gasteiger partial charge in [0.05, 0.1) is 0 Å². The zero-order chi connectivity index (χ0) is 20.0. The molecule has 3 aliphatic carbocycles. The number of hydrogen-bond acceptors (Lipinski definition) is 4. The Morgan fingerprint density at radius 3 is 2.93 bits per heavy atom. The highest BCUT2D eigenvalue weighted by Crippen LogP contribution is 2.66. The van der Waals surface area contributed by atoms with Crippen molar-refractivity contribution in [3.8, 4) is 0 Å². The first-order valence-corrected chi connectivity index (χ1v) is 11.0. The van der Waals surface area contributed by atoms with Crippen LogP contribution < -0.4 is 0 Å². The van der Waals surface area contributed by atoms with Gasteiger partial charge in [-0.05, 0) is 43.6 Å². The number of piperidine rings is 1. The number of ether oxygens (including phenoxy) is 1. The van der Waals surface area contributed by atoms with Crippen molar-refractivity contribution in [2.45, 2.75) is 49.5 Å². The van der Waals surface area contributed by atoms with Crippen LogP contribution in [0.4, 0.5) is 0 Å². The molecule has 0 amide bonds. The molecule has 6 atom stereocenters. The summed E-state index contributed by atoms with van der Waals surface area (Å²) in [4.78, 5) is 2.45. The second-order valence-electron chi connectivity index (χ2n) is 9.42. The molecule has 4 nitrogen and oxygen atoms in total. The van der Waals surface area contributed by atoms with Crippen LogP contribution in [0.3, 0.4) is 0 Å². The predicted molar refractivity (Wildman–Crippen MR) is 111 cm³/mol. The topological polar surface area (TPSA) is 52.9 Å². The quantitative estimate of drug-likeness (QED) is 0.733. The predicted octanol–water partition coefficient (Wildman–Crippen LogP) is 3.24. The van der Waals surface area contributed by atoms with Crippen molar-refractivity contribution in [1.82, 2.24) is 4.90 Å². The minimum absolute atomic E-state index is 0.236. The van der Waals surface area contributed by atoms with Gasteiger partial charge in [0.15, 0.2) is 0 Å². The fourth-order valence-corrected chi connectivity index (χ4v) is 6.87. The molecule has 29 heavy (non-hydrogen) atoms. The highest BCUT2D eigenvalue weighted by Gasteiger charge is 2.67. The summed E-state index contributed by atoms with van der Waals surface area (Å²) in [7, 11) is 2.20. The van der Waals surface area contributed by atoms with E-state index < -0.39 is 11.7 Å². The molecule has 2 bridgehead atoms. The van der Waals surface area contributed by atoms with Crippen molar-refractivity contribution in [3.05, 3.63) is 70.0 Å². The molecule has 1 spiro atoms. The first kappa shape index (κ1) is 18.2. The van der Waals surface area contributed by atoms with Gasteiger partial charge in [0, 0.05) is 40.8 Å². The van der Waals surface area contributed by atoms with E-state index in [-0.39, 0.29) is 11.5 Å². The van der Waals surface area contributed by atoms with Gasteiger partial charge >= 0.3 is 0 Å². The van der Waals surface area contributed by atoms with Crippen LogP contribution in [0.5, 0.6) is 0 Å². The van der Waals surface area contributed by atoms with Gasteiger partial charge in [-0.3, -0.25) is 0 Å². The lowest BCUT2D eigenvalue weighted by Crippen LogP contribution is -2.62. The maximum atomic E-state index is 11.8. The van der Waals surface area contributed by atoms with E-state index >= 15 is 0 Å². The van der Waals surface area contributed by atoms with E-state index in [1.165, 1.54) is 11.1 Å². The van der Waals surface area contributed by atoms with E-state index in [2.05, 4.69) is 24.1 Å². The third-order valence-corrected chi connectivity index (χ3v) is 8.39. The lowest BCUT2D eigenvalue weighted by atomic mass is 9.51. The van der Waals surface area contributed by atoms with Crippen LogP contribution in [-0.4, -0.2) is 52.6 Å². The highest BCUT2D eigenvalue weighted by atomic mass is 35.5. The number of rotatable bonds is 2. The lowest BCUT2D eigenvalue weighted by molar-refractivity contribution is -0.102. The number of nitrogens with zero attached hydrogens (tertiary/aromatic N) is 1. The fraction of sp³-hybridized carbons (Fsp3) is 0.500. The van der Waals surface area contributed by atoms with Crippen molar-refractivity contribution < 1.29 is 14.9 Å². The first-order valence-electron chi connectivity index (χ1n) is 10.6. The Morgan fingerprint density at radius 1 is 1.28 bits per heavy atom. The molecule has 0 radical (unpaired) electrons. The Hall–Kier alpha value is -1.59. The third-order valence-electron chi connectivity index (χ3n) is 8.02. The van der Waals surface area contributed by atoms with Crippen molar-refractivity contribution in [2.24, 2.45) is 11.3 Å². The number of hydrogen-bond donors (Lipinski definition) is 2. The van der Waals surface area contributed by atoms with Crippen LogP contribution in [0, 0.1) is 11.3 Å². The average molecular weight is 412 g/mol. The number of aliphatic hydroxyl groups excluding tert-OH is 1. The van der Waals surface area contributed by atoms with E-state index in [1.54, 1.807) is 0 Å². The number of benzene rings is 1. The molecule has 1 aromatic carbocycles. The normalized spacial score (nSPS) is 42.4. The molecular formula is C24H26ClNO3. The Kier molecular flexibility index (Phi) is 3.75. The Balaban J connectivity index is 1.50. The zero-order valence-corrected chi connectivity index (χ0v) is 17.3. The second-order valence-corrected chi connectivity index (χ2v) is 9.83. The van der Waals surface area contributed by atoms with Gasteiger partial charge in [0.25, 0.3) is 0 Å². The second kappa shape index (κ2) is 5.98. The molecule has 2 fully saturated rings. The Labute approximate surface area is 176 Å². The summed E-state index contributed by atoms with van der Waals surface area (Å²) in [6.45, 7) is 0.981. The van der Waals surface area contributed by atoms with Crippen LogP contribution in [0.1, 0.15) is 24.8 Å². The number of halogens is 1. The standard InChI is InChI=1S/C24H26ClNO3/c1-26-11-10-24-16-6-7-19(27)21(24)29-22-20(24)14(12-18(16)26)8-9-23(22,28)13-15-4-2-3-5-17(15)25/h2-8,16,18-19,21,27-28H,9-13H2,1H3/t16-,18+,19-,21-,23?,24-/m0/s1. The summed E-state index contributed by atoms with van der Waals surface area (Å²) in [5, 5.41) is 23.3. The molecule has 2 N–H and O–H groups in total. The van der Waals surface area contributed by atoms with Gasteiger partial charge in [0.2, 0.25) is 0 Å². The fourth-order valence-electron chi connectivity index (χ4n) is 6.67. The first-order chi connectivity index (χ1) is 13.9. The van der Waals surface area contributed by atoms with Crippen LogP contribution in [-0.2, 0) is 11.2 Å². The van der Waals surface area contributed by atoms with E-state index in [1.807, 2.05) is 30.3 Å². The lowest BCUT2D eigenvalue weighted by Gasteiger charge is -2.58. The third kappa shape index (κ3) is 2.26. The summed E-state index contributed by atoms with van der Waals surface area (Å²) < 4.78 is 6.53. The van der Waals surface area contributed by atoms with Crippen molar-refractivity contribution in [1.29, 1.82) is 0 Å². The molecule has 1 aromatic rings. The minimum atomic E-state index is -1.13. The molecule has 5 aliphatic rings. The summed E-state index contributed by atoms with van der Waals surface area (Å²) >= 11 is 6.42. The van der Waals surface area contributed by atoms with Crippen molar-refractivity contribution >= 4 is 11.6 Å². The van der Waals surface area contributed by atoms with Gasteiger partial charge in [-0.2, -0.15) is 0 Å². The maximum absolute atomic E-state index is 11.8. The largest absolute Gasteiger partial charge is 0.487 e. The van der Waals surface area contributed by atoms with E-state index in [0.717, 1.165) is 24.9 Å². The number of aliphatic hydroxyl groups is 2. The highest BCUT2D eigenvalue weighted by molar-refractivity contribution is 6.31. The molecule has 0 aromatic heterocycles. The van der Waals surface area contributed by atoms with Crippen molar-refractivity contribution in [3.63, 3.8) is 0 Å². The smallest absolute Gasteiger partial charge is 0.138 e. The Bertz CT molecular complexity index is 984. The summed E-state index contributed by atoms with van der Waals surface area (Å²) in [6, 6.07) is 8.11. The molecule has 1 saturated heterocycles. The molecule has 152 valence electrons. The average Bonchev–Trinajstić information content (AvgIpc) is 3.06. The molecule has 1 saturated carbocycles. The minimum Gasteiger partial charge on any atom is -0.487 e. The van der Waals surface area contributed by atoms with E-state index in [0.29, 0.717) is 35.6 Å². The molecule has 5 heteroatoms. The van der Waals surface area contributed by atoms with Gasteiger partial charge in [-0.15, -0.1) is 0 Å².